The first-order valence-corrected chi connectivity index (χ1v) is 9.05. The Bertz CT molecular complexity index is 1100. The van der Waals surface area contributed by atoms with Crippen LogP contribution in [0.1, 0.15) is 31.3 Å². The molecule has 1 aromatic heterocycles. The molecule has 0 aliphatic carbocycles. The van der Waals surface area contributed by atoms with E-state index in [0.29, 0.717) is 15.8 Å². The molecule has 0 radical (unpaired) electrons. The molecule has 3 amide bonds. The van der Waals surface area contributed by atoms with Crippen LogP contribution in [-0.2, 0) is 0 Å². The maximum absolute atomic E-state index is 13.2. The number of aromatic nitrogens is 2. The molecule has 0 unspecified atom stereocenters. The fourth-order valence-corrected chi connectivity index (χ4v) is 3.09. The van der Waals surface area contributed by atoms with Gasteiger partial charge in [0.05, 0.1) is 11.9 Å². The molecule has 0 aliphatic rings. The summed E-state index contributed by atoms with van der Waals surface area (Å²) in [7, 11) is 1.52. The molecule has 0 aliphatic heterocycles. The van der Waals surface area contributed by atoms with Crippen LogP contribution < -0.4 is 16.0 Å². The molecule has 0 saturated heterocycles. The van der Waals surface area contributed by atoms with Crippen molar-refractivity contribution in [3.05, 3.63) is 76.0 Å². The van der Waals surface area contributed by atoms with Crippen LogP contribution in [0.4, 0.5) is 15.8 Å². The summed E-state index contributed by atoms with van der Waals surface area (Å²) in [5, 5.41) is 2.69. The minimum absolute atomic E-state index is 0.0735. The molecule has 0 saturated carbocycles. The van der Waals surface area contributed by atoms with Gasteiger partial charge in [-0.1, -0.05) is 0 Å². The van der Waals surface area contributed by atoms with E-state index >= 15 is 0 Å². The lowest BCUT2D eigenvalue weighted by molar-refractivity contribution is 0.0958. The molecule has 148 valence electrons. The maximum atomic E-state index is 13.2. The number of aromatic amines is 1. The summed E-state index contributed by atoms with van der Waals surface area (Å²) in [6.45, 7) is 0. The van der Waals surface area contributed by atoms with E-state index in [1.54, 1.807) is 24.3 Å². The summed E-state index contributed by atoms with van der Waals surface area (Å²) < 4.78 is 13.5. The quantitative estimate of drug-likeness (QED) is 0.542. The Hall–Kier alpha value is -3.53. The van der Waals surface area contributed by atoms with E-state index in [0.717, 1.165) is 0 Å². The van der Waals surface area contributed by atoms with Crippen LogP contribution in [0.15, 0.2) is 53.3 Å². The normalized spacial score (nSPS) is 10.4. The Kier molecular flexibility index (Phi) is 5.74. The van der Waals surface area contributed by atoms with Gasteiger partial charge in [-0.25, -0.2) is 9.37 Å². The predicted molar refractivity (Wildman–Crippen MR) is 108 cm³/mol. The largest absolute Gasteiger partial charge is 0.364 e. The summed E-state index contributed by atoms with van der Waals surface area (Å²) in [6.07, 6.45) is 1.22. The first-order chi connectivity index (χ1) is 13.8. The molecule has 8 nitrogen and oxygen atoms in total. The van der Waals surface area contributed by atoms with E-state index in [2.05, 4.69) is 31.2 Å². The fraction of sp³-hybridized carbons (Fsp3) is 0.0526. The van der Waals surface area contributed by atoms with Crippen LogP contribution in [0.5, 0.6) is 0 Å². The monoisotopic (exact) mass is 459 g/mol. The predicted octanol–water partition coefficient (Wildman–Crippen LogP) is 2.94. The van der Waals surface area contributed by atoms with Gasteiger partial charge in [-0.05, 0) is 58.4 Å². The summed E-state index contributed by atoms with van der Waals surface area (Å²) >= 11 is 3.16. The number of nitrogens with zero attached hydrogens (tertiary/aromatic N) is 2. The number of halogens is 2. The van der Waals surface area contributed by atoms with Crippen molar-refractivity contribution in [2.45, 2.75) is 0 Å². The second-order valence-corrected chi connectivity index (χ2v) is 6.83. The van der Waals surface area contributed by atoms with Crippen LogP contribution in [0.25, 0.3) is 0 Å². The van der Waals surface area contributed by atoms with Crippen LogP contribution >= 0.6 is 15.9 Å². The highest BCUT2D eigenvalue weighted by Gasteiger charge is 2.22. The number of H-pyrrole nitrogens is 1. The summed E-state index contributed by atoms with van der Waals surface area (Å²) in [5.74, 6) is -2.19. The van der Waals surface area contributed by atoms with Gasteiger partial charge in [0.25, 0.3) is 17.7 Å². The standard InChI is InChI=1S/C19H15BrFN5O3/c1-26(19(29)16-15(17(22)27)23-9-24-16)12-5-3-11(4-6-12)25-18(28)13-7-2-10(21)8-14(13)20/h2-9H,1H3,(H2,22,27)(H,23,24)(H,25,28). The topological polar surface area (TPSA) is 121 Å². The number of anilines is 2. The van der Waals surface area contributed by atoms with Crippen LogP contribution in [-0.4, -0.2) is 34.7 Å². The zero-order chi connectivity index (χ0) is 21.1. The van der Waals surface area contributed by atoms with Crippen molar-refractivity contribution in [3.8, 4) is 0 Å². The number of imidazole rings is 1. The number of carbonyl (C=O) groups is 3. The molecular weight excluding hydrogens is 445 g/mol. The SMILES string of the molecule is CN(C(=O)c1nc[nH]c1C(N)=O)c1ccc(NC(=O)c2ccc(F)cc2Br)cc1. The summed E-state index contributed by atoms with van der Waals surface area (Å²) in [5.41, 5.74) is 6.33. The highest BCUT2D eigenvalue weighted by Crippen LogP contribution is 2.22. The van der Waals surface area contributed by atoms with Gasteiger partial charge in [-0.3, -0.25) is 14.4 Å². The molecule has 1 heterocycles. The summed E-state index contributed by atoms with van der Waals surface area (Å²) in [4.78, 5) is 44.0. The van der Waals surface area contributed by atoms with Crippen molar-refractivity contribution in [1.82, 2.24) is 9.97 Å². The number of hydrogen-bond acceptors (Lipinski definition) is 4. The molecule has 3 rings (SSSR count). The minimum atomic E-state index is -0.788. The van der Waals surface area contributed by atoms with E-state index in [9.17, 15) is 18.8 Å². The van der Waals surface area contributed by atoms with Crippen molar-refractivity contribution in [3.63, 3.8) is 0 Å². The van der Waals surface area contributed by atoms with Crippen molar-refractivity contribution in [2.75, 3.05) is 17.3 Å². The van der Waals surface area contributed by atoms with Gasteiger partial charge in [-0.2, -0.15) is 0 Å². The fourth-order valence-electron chi connectivity index (χ4n) is 2.56. The van der Waals surface area contributed by atoms with Crippen molar-refractivity contribution in [1.29, 1.82) is 0 Å². The van der Waals surface area contributed by atoms with Crippen LogP contribution in [0, 0.1) is 5.82 Å². The Labute approximate surface area is 173 Å². The second kappa shape index (κ2) is 8.23. The first-order valence-electron chi connectivity index (χ1n) is 8.25. The number of amides is 3. The molecule has 4 N–H and O–H groups in total. The number of primary amides is 1. The van der Waals surface area contributed by atoms with E-state index in [4.69, 9.17) is 5.73 Å². The molecular formula is C19H15BrFN5O3. The van der Waals surface area contributed by atoms with Crippen molar-refractivity contribution >= 4 is 45.0 Å². The third-order valence-corrected chi connectivity index (χ3v) is 4.74. The molecule has 10 heteroatoms. The van der Waals surface area contributed by atoms with Gasteiger partial charge in [0, 0.05) is 22.9 Å². The Balaban J connectivity index is 1.74. The first kappa shape index (κ1) is 20.2. The molecule has 2 aromatic carbocycles. The van der Waals surface area contributed by atoms with Crippen LogP contribution in [0.2, 0.25) is 0 Å². The Morgan fingerprint density at radius 1 is 1.17 bits per heavy atom. The molecule has 0 atom stereocenters. The van der Waals surface area contributed by atoms with Gasteiger partial charge in [0.1, 0.15) is 11.5 Å². The third-order valence-electron chi connectivity index (χ3n) is 4.08. The Morgan fingerprint density at radius 3 is 2.48 bits per heavy atom. The maximum Gasteiger partial charge on any atom is 0.279 e. The minimum Gasteiger partial charge on any atom is -0.364 e. The molecule has 29 heavy (non-hydrogen) atoms. The number of benzene rings is 2. The smallest absolute Gasteiger partial charge is 0.279 e. The van der Waals surface area contributed by atoms with E-state index in [-0.39, 0.29) is 17.0 Å². The highest BCUT2D eigenvalue weighted by molar-refractivity contribution is 9.10. The number of hydrogen-bond donors (Lipinski definition) is 3. The van der Waals surface area contributed by atoms with Gasteiger partial charge in [0.2, 0.25) is 0 Å². The number of nitrogens with one attached hydrogen (secondary N) is 2. The van der Waals surface area contributed by atoms with Crippen molar-refractivity contribution < 1.29 is 18.8 Å². The highest BCUT2D eigenvalue weighted by atomic mass is 79.9. The molecule has 0 fully saturated rings. The van der Waals surface area contributed by atoms with Gasteiger partial charge in [-0.15, -0.1) is 0 Å². The molecule has 0 spiro atoms. The van der Waals surface area contributed by atoms with Gasteiger partial charge >= 0.3 is 0 Å². The van der Waals surface area contributed by atoms with E-state index in [1.807, 2.05) is 0 Å². The van der Waals surface area contributed by atoms with E-state index in [1.165, 1.54) is 36.5 Å². The lowest BCUT2D eigenvalue weighted by atomic mass is 10.2. The molecule has 3 aromatic rings. The molecule has 0 bridgehead atoms. The number of rotatable bonds is 5. The van der Waals surface area contributed by atoms with Crippen molar-refractivity contribution in [2.24, 2.45) is 5.73 Å². The van der Waals surface area contributed by atoms with Gasteiger partial charge < -0.3 is 20.9 Å². The lowest BCUT2D eigenvalue weighted by Crippen LogP contribution is -2.29. The lowest BCUT2D eigenvalue weighted by Gasteiger charge is -2.17. The number of carbonyl (C=O) groups excluding carboxylic acids is 3. The third kappa shape index (κ3) is 4.32. The van der Waals surface area contributed by atoms with E-state index < -0.39 is 23.5 Å². The summed E-state index contributed by atoms with van der Waals surface area (Å²) in [6, 6.07) is 10.2. The average molecular weight is 460 g/mol. The second-order valence-electron chi connectivity index (χ2n) is 5.98. The average Bonchev–Trinajstić information content (AvgIpc) is 3.17. The zero-order valence-corrected chi connectivity index (χ0v) is 16.7. The van der Waals surface area contributed by atoms with Crippen LogP contribution in [0.3, 0.4) is 0 Å². The number of nitrogens with two attached hydrogens (primary N) is 1. The van der Waals surface area contributed by atoms with Gasteiger partial charge in [0.15, 0.2) is 5.69 Å². The zero-order valence-electron chi connectivity index (χ0n) is 15.1. The Morgan fingerprint density at radius 2 is 1.86 bits per heavy atom.